The second-order valence-corrected chi connectivity index (χ2v) is 2.07. The topological polar surface area (TPSA) is 35.2 Å². The fraction of sp³-hybridized carbons (Fsp3) is 0.833. The zero-order chi connectivity index (χ0) is 6.57. The molecule has 0 rings (SSSR count). The molecule has 0 aliphatic heterocycles. The molecule has 0 fully saturated rings. The highest BCUT2D eigenvalue weighted by atomic mass is 16.5. The average Bonchev–Trinajstić information content (AvgIpc) is 1.65. The molecule has 0 bridgehead atoms. The molecule has 0 spiro atoms. The Kier molecular flexibility index (Phi) is 3.83. The third-order valence-corrected chi connectivity index (χ3v) is 0.968. The van der Waals surface area contributed by atoms with Gasteiger partial charge in [-0.05, 0) is 20.3 Å². The van der Waals surface area contributed by atoms with Crippen LogP contribution in [-0.4, -0.2) is 19.3 Å². The molecule has 2 heteroatoms. The van der Waals surface area contributed by atoms with E-state index in [9.17, 15) is 0 Å². The van der Waals surface area contributed by atoms with Crippen LogP contribution < -0.4 is 5.73 Å². The van der Waals surface area contributed by atoms with E-state index in [1.807, 2.05) is 6.92 Å². The molecule has 0 heterocycles. The van der Waals surface area contributed by atoms with E-state index in [-0.39, 0.29) is 12.1 Å². The molecule has 0 saturated heterocycles. The first-order valence-corrected chi connectivity index (χ1v) is 2.78. The monoisotopic (exact) mass is 116 g/mol. The highest BCUT2D eigenvalue weighted by Gasteiger charge is 2.01. The van der Waals surface area contributed by atoms with Gasteiger partial charge in [0.1, 0.15) is 0 Å². The lowest BCUT2D eigenvalue weighted by molar-refractivity contribution is 0.126. The van der Waals surface area contributed by atoms with Crippen molar-refractivity contribution >= 4 is 0 Å². The van der Waals surface area contributed by atoms with Gasteiger partial charge >= 0.3 is 0 Å². The highest BCUT2D eigenvalue weighted by Crippen LogP contribution is 1.96. The number of hydrogen-bond acceptors (Lipinski definition) is 2. The summed E-state index contributed by atoms with van der Waals surface area (Å²) in [6.07, 6.45) is 0.881. The minimum atomic E-state index is 0.0509. The van der Waals surface area contributed by atoms with E-state index in [2.05, 4.69) is 6.92 Å². The summed E-state index contributed by atoms with van der Waals surface area (Å²) in [4.78, 5) is 0. The summed E-state index contributed by atoms with van der Waals surface area (Å²) in [6.45, 7) is 5.64. The highest BCUT2D eigenvalue weighted by molar-refractivity contribution is 4.64. The second kappa shape index (κ2) is 3.87. The van der Waals surface area contributed by atoms with Crippen molar-refractivity contribution in [2.75, 3.05) is 7.11 Å². The van der Waals surface area contributed by atoms with Crippen molar-refractivity contribution in [2.24, 2.45) is 5.73 Å². The summed E-state index contributed by atoms with van der Waals surface area (Å²) >= 11 is 0. The Bertz CT molecular complexity index is 54.5. The fourth-order valence-electron chi connectivity index (χ4n) is 0.511. The van der Waals surface area contributed by atoms with Gasteiger partial charge in [0.2, 0.25) is 0 Å². The summed E-state index contributed by atoms with van der Waals surface area (Å²) in [7, 11) is 1.64. The van der Waals surface area contributed by atoms with Gasteiger partial charge in [0.25, 0.3) is 0 Å². The lowest BCUT2D eigenvalue weighted by Crippen LogP contribution is -2.22. The zero-order valence-corrected chi connectivity index (χ0v) is 5.55. The van der Waals surface area contributed by atoms with E-state index in [4.69, 9.17) is 10.5 Å². The van der Waals surface area contributed by atoms with Crippen LogP contribution in [0.4, 0.5) is 0 Å². The van der Waals surface area contributed by atoms with Crippen molar-refractivity contribution < 1.29 is 4.74 Å². The van der Waals surface area contributed by atoms with Gasteiger partial charge in [0.05, 0.1) is 6.10 Å². The van der Waals surface area contributed by atoms with Crippen LogP contribution in [0.1, 0.15) is 13.3 Å². The molecule has 49 valence electrons. The normalized spacial score (nSPS) is 18.0. The molecule has 0 aliphatic rings. The Morgan fingerprint density at radius 2 is 2.25 bits per heavy atom. The predicted molar refractivity (Wildman–Crippen MR) is 34.4 cm³/mol. The van der Waals surface area contributed by atoms with E-state index in [0.29, 0.717) is 0 Å². The largest absolute Gasteiger partial charge is 0.381 e. The zero-order valence-electron chi connectivity index (χ0n) is 5.55. The van der Waals surface area contributed by atoms with Crippen molar-refractivity contribution in [2.45, 2.75) is 25.5 Å². The van der Waals surface area contributed by atoms with E-state index in [1.54, 1.807) is 7.11 Å². The summed E-state index contributed by atoms with van der Waals surface area (Å²) in [5, 5.41) is 0. The Morgan fingerprint density at radius 3 is 2.38 bits per heavy atom. The van der Waals surface area contributed by atoms with Crippen LogP contribution in [0.2, 0.25) is 0 Å². The van der Waals surface area contributed by atoms with Crippen molar-refractivity contribution in [3.63, 3.8) is 0 Å². The van der Waals surface area contributed by atoms with Crippen molar-refractivity contribution in [3.05, 3.63) is 6.92 Å². The van der Waals surface area contributed by atoms with Crippen LogP contribution >= 0.6 is 0 Å². The van der Waals surface area contributed by atoms with E-state index < -0.39 is 0 Å². The molecule has 2 unspecified atom stereocenters. The maximum absolute atomic E-state index is 5.45. The average molecular weight is 116 g/mol. The number of ether oxygens (including phenoxy) is 1. The van der Waals surface area contributed by atoms with E-state index in [1.165, 1.54) is 0 Å². The van der Waals surface area contributed by atoms with Crippen molar-refractivity contribution in [3.8, 4) is 0 Å². The van der Waals surface area contributed by atoms with Crippen LogP contribution in [0.15, 0.2) is 0 Å². The van der Waals surface area contributed by atoms with Gasteiger partial charge in [-0.2, -0.15) is 0 Å². The van der Waals surface area contributed by atoms with E-state index >= 15 is 0 Å². The van der Waals surface area contributed by atoms with Gasteiger partial charge in [0.15, 0.2) is 0 Å². The Morgan fingerprint density at radius 1 is 1.75 bits per heavy atom. The Balaban J connectivity index is 3.10. The van der Waals surface area contributed by atoms with Gasteiger partial charge < -0.3 is 10.5 Å². The van der Waals surface area contributed by atoms with Gasteiger partial charge in [-0.3, -0.25) is 0 Å². The van der Waals surface area contributed by atoms with Crippen LogP contribution in [-0.2, 0) is 4.74 Å². The Hall–Kier alpha value is -0.0800. The molecule has 0 aromatic rings. The molecular weight excluding hydrogens is 102 g/mol. The minimum Gasteiger partial charge on any atom is -0.381 e. The first-order valence-electron chi connectivity index (χ1n) is 2.78. The standard InChI is InChI=1S/C6H14NO/c1-5(7)4-6(2)8-3/h5-6H,2,4,7H2,1,3H3. The van der Waals surface area contributed by atoms with Crippen LogP contribution in [0, 0.1) is 6.92 Å². The third-order valence-electron chi connectivity index (χ3n) is 0.968. The Labute approximate surface area is 51.0 Å². The molecule has 0 amide bonds. The molecule has 0 aromatic heterocycles. The minimum absolute atomic E-state index is 0.0509. The van der Waals surface area contributed by atoms with Crippen LogP contribution in [0.3, 0.4) is 0 Å². The van der Waals surface area contributed by atoms with Crippen LogP contribution in [0.5, 0.6) is 0 Å². The molecule has 0 aliphatic carbocycles. The second-order valence-electron chi connectivity index (χ2n) is 2.07. The quantitative estimate of drug-likeness (QED) is 0.585. The summed E-state index contributed by atoms with van der Waals surface area (Å²) in [6, 6.07) is 0.192. The maximum atomic E-state index is 5.45. The number of rotatable bonds is 3. The summed E-state index contributed by atoms with van der Waals surface area (Å²) < 4.78 is 4.87. The first-order chi connectivity index (χ1) is 3.66. The molecule has 1 radical (unpaired) electrons. The third kappa shape index (κ3) is 4.09. The van der Waals surface area contributed by atoms with Gasteiger partial charge in [0, 0.05) is 13.2 Å². The maximum Gasteiger partial charge on any atom is 0.0587 e. The van der Waals surface area contributed by atoms with E-state index in [0.717, 1.165) is 6.42 Å². The first kappa shape index (κ1) is 7.92. The molecule has 0 aromatic carbocycles. The molecule has 2 nitrogen and oxygen atoms in total. The summed E-state index contributed by atoms with van der Waals surface area (Å²) in [5.41, 5.74) is 5.45. The molecule has 2 N–H and O–H groups in total. The van der Waals surface area contributed by atoms with Crippen LogP contribution in [0.25, 0.3) is 0 Å². The van der Waals surface area contributed by atoms with Gasteiger partial charge in [-0.1, -0.05) is 0 Å². The molecule has 8 heavy (non-hydrogen) atoms. The molecular formula is C6H14NO. The lowest BCUT2D eigenvalue weighted by Gasteiger charge is -2.10. The fourth-order valence-corrected chi connectivity index (χ4v) is 0.511. The summed E-state index contributed by atoms with van der Waals surface area (Å²) in [5.74, 6) is 0. The molecule has 0 saturated carbocycles. The smallest absolute Gasteiger partial charge is 0.0587 e. The lowest BCUT2D eigenvalue weighted by atomic mass is 10.2. The predicted octanol–water partition coefficient (Wildman–Crippen LogP) is 0.573. The van der Waals surface area contributed by atoms with Crippen molar-refractivity contribution in [1.29, 1.82) is 0 Å². The number of hydrogen-bond donors (Lipinski definition) is 1. The van der Waals surface area contributed by atoms with Gasteiger partial charge in [-0.25, -0.2) is 0 Å². The molecule has 2 atom stereocenters. The van der Waals surface area contributed by atoms with Gasteiger partial charge in [-0.15, -0.1) is 0 Å². The SMILES string of the molecule is [CH2]C(CC(C)N)OC. The number of nitrogens with two attached hydrogens (primary N) is 1. The van der Waals surface area contributed by atoms with Crippen molar-refractivity contribution in [1.82, 2.24) is 0 Å². The number of methoxy groups -OCH3 is 1.